The van der Waals surface area contributed by atoms with E-state index >= 15 is 0 Å². The number of halogens is 4. The predicted molar refractivity (Wildman–Crippen MR) is 464 cm³/mol. The third kappa shape index (κ3) is 14.9. The van der Waals surface area contributed by atoms with Gasteiger partial charge in [0.15, 0.2) is 0 Å². The third-order valence-corrected chi connectivity index (χ3v) is 30.3. The summed E-state index contributed by atoms with van der Waals surface area (Å²) in [6, 6.07) is 118. The SMILES string of the molecule is Brc1cc2ccccc2cc1-c1cc2ccccc2cc1Br.Brc1cc2ccccc2cc1Br.O[SeH]1c2cc3ccccc3cc2-c2cc3ccccc3cc21.[CH2-]CCC.[Li+].c1ccc2cc3c(cc2c1)[se]c1cc2ccccc2cc13.c1ccc2cc3c(cc2c1)[se]c1cc2ccccc2cc13. The molecule has 0 saturated carbocycles. The fraction of sp³-hybridized carbons (Fsp3) is 0.0319. The number of hydrogen-bond acceptors (Lipinski definition) is 1. The number of rotatable bonds is 2. The zero-order valence-corrected chi connectivity index (χ0v) is 68.2. The molecule has 2 aromatic heterocycles. The van der Waals surface area contributed by atoms with Gasteiger partial charge in [-0.1, -0.05) is 118 Å². The van der Waals surface area contributed by atoms with Crippen LogP contribution in [0.3, 0.4) is 0 Å². The summed E-state index contributed by atoms with van der Waals surface area (Å²) in [5, 5.41) is 29.0. The molecule has 103 heavy (non-hydrogen) atoms. The first-order valence-corrected chi connectivity index (χ1v) is 43.3. The first kappa shape index (κ1) is 71.0. The second-order valence-electron chi connectivity index (χ2n) is 25.6. The summed E-state index contributed by atoms with van der Waals surface area (Å²) >= 11 is 13.1. The van der Waals surface area contributed by atoms with Crippen molar-refractivity contribution >= 4 is 251 Å². The number of fused-ring (bicyclic) bond motifs is 18. The molecule has 0 saturated heterocycles. The van der Waals surface area contributed by atoms with Crippen molar-refractivity contribution in [2.75, 3.05) is 0 Å². The second-order valence-corrected chi connectivity index (χ2v) is 36.9. The van der Waals surface area contributed by atoms with Gasteiger partial charge in [-0.2, -0.15) is 6.42 Å². The monoisotopic (exact) mass is 1770 g/mol. The molecule has 21 rings (SSSR count). The summed E-state index contributed by atoms with van der Waals surface area (Å²) in [7, 11) is 0. The number of hydrogen-bond donors (Lipinski definition) is 1. The van der Waals surface area contributed by atoms with Crippen molar-refractivity contribution < 1.29 is 23.0 Å². The van der Waals surface area contributed by atoms with Crippen LogP contribution in [-0.2, 0) is 0 Å². The Morgan fingerprint density at radius 3 is 0.660 bits per heavy atom. The molecule has 1 aliphatic heterocycles. The van der Waals surface area contributed by atoms with Crippen molar-refractivity contribution in [3.05, 3.63) is 352 Å². The molecular weight excluding hydrogens is 1710 g/mol. The van der Waals surface area contributed by atoms with Crippen LogP contribution in [0.1, 0.15) is 19.8 Å². The van der Waals surface area contributed by atoms with Crippen LogP contribution in [0.2, 0.25) is 0 Å². The molecular formula is C94H65Br4LiOSe3. The van der Waals surface area contributed by atoms with Crippen molar-refractivity contribution in [2.24, 2.45) is 0 Å². The quantitative estimate of drug-likeness (QED) is 0.135. The van der Waals surface area contributed by atoms with Gasteiger partial charge in [-0.25, -0.2) is 0 Å². The average molecular weight is 1770 g/mol. The Hall–Kier alpha value is -7.66. The molecule has 0 radical (unpaired) electrons. The number of benzene rings is 18. The Labute approximate surface area is 661 Å². The molecule has 1 N–H and O–H groups in total. The molecule has 0 spiro atoms. The molecule has 18 aromatic carbocycles. The van der Waals surface area contributed by atoms with Gasteiger partial charge in [-0.3, -0.25) is 0 Å². The van der Waals surface area contributed by atoms with E-state index in [1.54, 1.807) is 0 Å². The minimum absolute atomic E-state index is 0. The molecule has 494 valence electrons. The Morgan fingerprint density at radius 1 is 0.262 bits per heavy atom. The third-order valence-electron chi connectivity index (χ3n) is 19.0. The van der Waals surface area contributed by atoms with Crippen LogP contribution in [0, 0.1) is 6.92 Å². The van der Waals surface area contributed by atoms with Crippen molar-refractivity contribution in [3.8, 4) is 22.3 Å². The van der Waals surface area contributed by atoms with E-state index in [-0.39, 0.29) is 18.9 Å². The Kier molecular flexibility index (Phi) is 21.8. The van der Waals surface area contributed by atoms with Crippen molar-refractivity contribution in [2.45, 2.75) is 19.8 Å². The van der Waals surface area contributed by atoms with Gasteiger partial charge >= 0.3 is 408 Å². The van der Waals surface area contributed by atoms with E-state index in [9.17, 15) is 4.19 Å². The standard InChI is InChI=1S/C20H12Br2.C20H14OSe.2C20H12Se.C10H6Br2.C4H9.Li/c21-19-11-15-7-3-1-5-13(15)9-17(19)18-10-14-6-2-4-8-16(14)12-20(18)22;21-22-19-11-15-7-3-1-5-13(15)9-17(19)18-10-14-6-2-4-8-16(14)12-20(18)22;2*1-3-7-15-11-19-17(9-13(15)5-1)18-10-14-6-2-4-8-16(14)12-20(18)21-19;11-9-5-7-3-1-2-4-8(7)6-10(9)12;1-3-4-2;/h1-12H;1-12,21-22H;2*1-12H;1-6H;1,3-4H2,2H3;/q;;;;;-1;+1. The van der Waals surface area contributed by atoms with Crippen molar-refractivity contribution in [1.29, 1.82) is 0 Å². The molecule has 1 aliphatic rings. The van der Waals surface area contributed by atoms with Crippen LogP contribution < -0.4 is 27.8 Å². The van der Waals surface area contributed by atoms with Crippen LogP contribution in [0.4, 0.5) is 0 Å². The van der Waals surface area contributed by atoms with E-state index in [0.29, 0.717) is 29.0 Å². The summed E-state index contributed by atoms with van der Waals surface area (Å²) in [5.74, 6) is 0. The minimum atomic E-state index is -2.14. The van der Waals surface area contributed by atoms with E-state index < -0.39 is 14.2 Å². The summed E-state index contributed by atoms with van der Waals surface area (Å²) in [4.78, 5) is 0. The Morgan fingerprint density at radius 2 is 0.437 bits per heavy atom. The van der Waals surface area contributed by atoms with Gasteiger partial charge in [0.05, 0.1) is 0 Å². The summed E-state index contributed by atoms with van der Waals surface area (Å²) in [6.07, 6.45) is 2.28. The van der Waals surface area contributed by atoms with Gasteiger partial charge in [0.25, 0.3) is 0 Å². The summed E-state index contributed by atoms with van der Waals surface area (Å²) in [5.41, 5.74) is 4.86. The average Bonchev–Trinajstić information content (AvgIpc) is 1.61. The molecule has 0 unspecified atom stereocenters. The van der Waals surface area contributed by atoms with E-state index in [1.807, 2.05) is 12.1 Å². The van der Waals surface area contributed by atoms with Gasteiger partial charge in [0.1, 0.15) is 0 Å². The Balaban J connectivity index is 0.000000103. The zero-order valence-electron chi connectivity index (χ0n) is 56.5. The topological polar surface area (TPSA) is 20.2 Å². The van der Waals surface area contributed by atoms with Gasteiger partial charge in [0.2, 0.25) is 0 Å². The summed E-state index contributed by atoms with van der Waals surface area (Å²) in [6.45, 7) is 5.72. The maximum absolute atomic E-state index is 10.9. The molecule has 0 bridgehead atoms. The first-order valence-electron chi connectivity index (χ1n) is 34.0. The van der Waals surface area contributed by atoms with Gasteiger partial charge in [0, 0.05) is 17.9 Å². The predicted octanol–water partition coefficient (Wildman–Crippen LogP) is 23.7. The van der Waals surface area contributed by atoms with Gasteiger partial charge in [-0.15, -0.1) is 0 Å². The molecule has 0 atom stereocenters. The van der Waals surface area contributed by atoms with E-state index in [1.165, 1.54) is 164 Å². The van der Waals surface area contributed by atoms with E-state index in [2.05, 4.69) is 393 Å². The van der Waals surface area contributed by atoms with Crippen LogP contribution >= 0.6 is 63.7 Å². The molecule has 0 amide bonds. The molecule has 0 aliphatic carbocycles. The van der Waals surface area contributed by atoms with Crippen molar-refractivity contribution in [1.82, 2.24) is 0 Å². The fourth-order valence-electron chi connectivity index (χ4n) is 13.7. The maximum atomic E-state index is 10.9. The van der Waals surface area contributed by atoms with E-state index in [4.69, 9.17) is 0 Å². The van der Waals surface area contributed by atoms with Gasteiger partial charge in [-0.05, 0) is 112 Å². The normalized spacial score (nSPS) is 11.8. The Bertz CT molecular complexity index is 5990. The molecule has 0 fully saturated rings. The zero-order chi connectivity index (χ0) is 69.4. The summed E-state index contributed by atoms with van der Waals surface area (Å²) < 4.78 is 23.7. The molecule has 1 nitrogen and oxygen atoms in total. The van der Waals surface area contributed by atoms with Crippen LogP contribution in [0.5, 0.6) is 0 Å². The van der Waals surface area contributed by atoms with Crippen molar-refractivity contribution in [3.63, 3.8) is 0 Å². The first-order chi connectivity index (χ1) is 50.0. The van der Waals surface area contributed by atoms with Crippen LogP contribution in [0.25, 0.3) is 158 Å². The number of unbranched alkanes of at least 4 members (excludes halogenated alkanes) is 1. The molecule has 20 aromatic rings. The van der Waals surface area contributed by atoms with E-state index in [0.717, 1.165) is 33.2 Å². The van der Waals surface area contributed by atoms with Crippen LogP contribution in [-0.4, -0.2) is 47.4 Å². The van der Waals surface area contributed by atoms with Gasteiger partial charge < -0.3 is 6.92 Å². The fourth-order valence-corrected chi connectivity index (χ4v) is 23.8. The molecule has 3 heterocycles. The molecule has 9 heteroatoms. The van der Waals surface area contributed by atoms with Crippen LogP contribution in [0.15, 0.2) is 345 Å². The second kappa shape index (κ2) is 31.6.